The van der Waals surface area contributed by atoms with Gasteiger partial charge in [-0.15, -0.1) is 10.2 Å². The second-order valence-corrected chi connectivity index (χ2v) is 7.07. The molecule has 0 fully saturated rings. The van der Waals surface area contributed by atoms with E-state index in [2.05, 4.69) is 15.5 Å². The number of benzene rings is 2. The molecule has 0 spiro atoms. The van der Waals surface area contributed by atoms with Crippen LogP contribution in [0.25, 0.3) is 11.4 Å². The Hall–Kier alpha value is -2.94. The molecule has 0 aliphatic rings. The summed E-state index contributed by atoms with van der Waals surface area (Å²) in [5, 5.41) is 10.4. The van der Waals surface area contributed by atoms with Gasteiger partial charge < -0.3 is 11.2 Å². The van der Waals surface area contributed by atoms with Crippen molar-refractivity contribution in [1.29, 1.82) is 0 Å². The van der Waals surface area contributed by atoms with Crippen molar-refractivity contribution in [3.05, 3.63) is 65.7 Å². The third-order valence-electron chi connectivity index (χ3n) is 3.81. The van der Waals surface area contributed by atoms with Gasteiger partial charge in [-0.1, -0.05) is 36.0 Å². The van der Waals surface area contributed by atoms with Crippen LogP contribution in [-0.4, -0.2) is 26.0 Å². The van der Waals surface area contributed by atoms with Crippen molar-refractivity contribution in [2.24, 2.45) is 0 Å². The zero-order chi connectivity index (χ0) is 19.4. The summed E-state index contributed by atoms with van der Waals surface area (Å²) in [5.41, 5.74) is 1.01. The molecule has 0 bridgehead atoms. The van der Waals surface area contributed by atoms with Gasteiger partial charge in [0.1, 0.15) is 11.6 Å². The first-order valence-corrected chi connectivity index (χ1v) is 8.98. The number of rotatable bonds is 6. The highest BCUT2D eigenvalue weighted by Crippen LogP contribution is 2.26. The average Bonchev–Trinajstić information content (AvgIpc) is 3.01. The van der Waals surface area contributed by atoms with Crippen LogP contribution in [0.1, 0.15) is 12.5 Å². The zero-order valence-corrected chi connectivity index (χ0v) is 15.2. The largest absolute Gasteiger partial charge is 0.351 e. The van der Waals surface area contributed by atoms with E-state index in [1.165, 1.54) is 18.2 Å². The highest BCUT2D eigenvalue weighted by molar-refractivity contribution is 8.00. The van der Waals surface area contributed by atoms with Crippen molar-refractivity contribution in [1.82, 2.24) is 20.2 Å². The Bertz CT molecular complexity index is 945. The van der Waals surface area contributed by atoms with Crippen LogP contribution in [0.15, 0.2) is 53.7 Å². The van der Waals surface area contributed by atoms with E-state index in [1.54, 1.807) is 37.3 Å². The van der Waals surface area contributed by atoms with E-state index in [0.717, 1.165) is 22.0 Å². The van der Waals surface area contributed by atoms with Crippen LogP contribution in [0.3, 0.4) is 0 Å². The molecule has 6 nitrogen and oxygen atoms in total. The Labute approximate surface area is 158 Å². The van der Waals surface area contributed by atoms with Gasteiger partial charge in [-0.25, -0.2) is 13.5 Å². The summed E-state index contributed by atoms with van der Waals surface area (Å²) in [7, 11) is 0. The summed E-state index contributed by atoms with van der Waals surface area (Å²) >= 11 is 1.11. The molecule has 1 amide bonds. The lowest BCUT2D eigenvalue weighted by Crippen LogP contribution is -2.30. The molecule has 0 saturated carbocycles. The average molecular weight is 389 g/mol. The van der Waals surface area contributed by atoms with Gasteiger partial charge in [0.05, 0.1) is 10.8 Å². The summed E-state index contributed by atoms with van der Waals surface area (Å²) in [5.74, 6) is 5.12. The number of amides is 1. The molecule has 1 unspecified atom stereocenters. The van der Waals surface area contributed by atoms with E-state index in [9.17, 15) is 13.6 Å². The van der Waals surface area contributed by atoms with Gasteiger partial charge in [0.2, 0.25) is 11.1 Å². The van der Waals surface area contributed by atoms with E-state index in [-0.39, 0.29) is 34.8 Å². The second kappa shape index (κ2) is 8.17. The fourth-order valence-electron chi connectivity index (χ4n) is 2.33. The minimum atomic E-state index is -0.509. The van der Waals surface area contributed by atoms with E-state index >= 15 is 0 Å². The van der Waals surface area contributed by atoms with Crippen LogP contribution in [0.4, 0.5) is 8.78 Å². The number of thioether (sulfide) groups is 1. The van der Waals surface area contributed by atoms with Crippen LogP contribution in [-0.2, 0) is 11.3 Å². The SMILES string of the molecule is CC(Sc1nnc(-c2ccccc2F)n1N)C(=O)NCc1ccc(F)cc1. The molecule has 1 aromatic heterocycles. The molecule has 3 aromatic rings. The number of hydrogen-bond donors (Lipinski definition) is 2. The van der Waals surface area contributed by atoms with Gasteiger partial charge in [-0.3, -0.25) is 4.79 Å². The number of carbonyl (C=O) groups excluding carboxylic acids is 1. The lowest BCUT2D eigenvalue weighted by molar-refractivity contribution is -0.120. The molecule has 3 rings (SSSR count). The summed E-state index contributed by atoms with van der Waals surface area (Å²) in [6.07, 6.45) is 0. The smallest absolute Gasteiger partial charge is 0.233 e. The normalized spacial score (nSPS) is 12.0. The van der Waals surface area contributed by atoms with Gasteiger partial charge in [0.25, 0.3) is 0 Å². The lowest BCUT2D eigenvalue weighted by Gasteiger charge is -2.11. The van der Waals surface area contributed by atoms with Crippen molar-refractivity contribution < 1.29 is 13.6 Å². The molecule has 3 N–H and O–H groups in total. The summed E-state index contributed by atoms with van der Waals surface area (Å²) in [6.45, 7) is 1.97. The minimum absolute atomic E-state index is 0.175. The summed E-state index contributed by atoms with van der Waals surface area (Å²) < 4.78 is 28.0. The Kier molecular flexibility index (Phi) is 5.70. The van der Waals surface area contributed by atoms with E-state index in [0.29, 0.717) is 0 Å². The van der Waals surface area contributed by atoms with Crippen molar-refractivity contribution >= 4 is 17.7 Å². The maximum absolute atomic E-state index is 13.9. The first-order valence-electron chi connectivity index (χ1n) is 8.10. The van der Waals surface area contributed by atoms with Crippen LogP contribution < -0.4 is 11.2 Å². The van der Waals surface area contributed by atoms with Crippen LogP contribution >= 0.6 is 11.8 Å². The van der Waals surface area contributed by atoms with Crippen LogP contribution in [0.2, 0.25) is 0 Å². The molecule has 0 radical (unpaired) electrons. The number of nitrogens with one attached hydrogen (secondary N) is 1. The van der Waals surface area contributed by atoms with Gasteiger partial charge in [0, 0.05) is 6.54 Å². The highest BCUT2D eigenvalue weighted by Gasteiger charge is 2.20. The summed E-state index contributed by atoms with van der Waals surface area (Å²) in [6, 6.07) is 12.0. The predicted octanol–water partition coefficient (Wildman–Crippen LogP) is 2.73. The quantitative estimate of drug-likeness (QED) is 0.500. The van der Waals surface area contributed by atoms with Gasteiger partial charge in [0.15, 0.2) is 5.82 Å². The number of nitrogen functional groups attached to an aromatic ring is 1. The summed E-state index contributed by atoms with van der Waals surface area (Å²) in [4.78, 5) is 12.3. The van der Waals surface area contributed by atoms with Gasteiger partial charge in [-0.2, -0.15) is 0 Å². The Morgan fingerprint density at radius 1 is 1.19 bits per heavy atom. The van der Waals surface area contributed by atoms with Crippen molar-refractivity contribution in [3.63, 3.8) is 0 Å². The molecule has 0 aliphatic carbocycles. The van der Waals surface area contributed by atoms with Crippen LogP contribution in [0, 0.1) is 11.6 Å². The number of aromatic nitrogens is 3. The number of carbonyl (C=O) groups is 1. The molecule has 1 heterocycles. The molecular formula is C18H17F2N5OS. The third-order valence-corrected chi connectivity index (χ3v) is 4.87. The van der Waals surface area contributed by atoms with Gasteiger partial charge in [-0.05, 0) is 36.8 Å². The fourth-order valence-corrected chi connectivity index (χ4v) is 3.13. The monoisotopic (exact) mass is 389 g/mol. The molecule has 140 valence electrons. The van der Waals surface area contributed by atoms with E-state index in [1.807, 2.05) is 0 Å². The maximum Gasteiger partial charge on any atom is 0.233 e. The lowest BCUT2D eigenvalue weighted by atomic mass is 10.2. The number of halogens is 2. The Morgan fingerprint density at radius 3 is 2.59 bits per heavy atom. The van der Waals surface area contributed by atoms with Gasteiger partial charge >= 0.3 is 0 Å². The molecule has 27 heavy (non-hydrogen) atoms. The topological polar surface area (TPSA) is 85.8 Å². The minimum Gasteiger partial charge on any atom is -0.351 e. The molecule has 2 aromatic carbocycles. The van der Waals surface area contributed by atoms with Crippen molar-refractivity contribution in [2.45, 2.75) is 23.9 Å². The van der Waals surface area contributed by atoms with Crippen molar-refractivity contribution in [3.8, 4) is 11.4 Å². The third kappa shape index (κ3) is 4.43. The highest BCUT2D eigenvalue weighted by atomic mass is 32.2. The Morgan fingerprint density at radius 2 is 1.89 bits per heavy atom. The first-order chi connectivity index (χ1) is 13.0. The predicted molar refractivity (Wildman–Crippen MR) is 99.1 cm³/mol. The van der Waals surface area contributed by atoms with E-state index in [4.69, 9.17) is 5.84 Å². The number of hydrogen-bond acceptors (Lipinski definition) is 5. The maximum atomic E-state index is 13.9. The molecule has 0 saturated heterocycles. The molecular weight excluding hydrogens is 372 g/mol. The van der Waals surface area contributed by atoms with Crippen LogP contribution in [0.5, 0.6) is 0 Å². The fraction of sp³-hybridized carbons (Fsp3) is 0.167. The number of nitrogens with zero attached hydrogens (tertiary/aromatic N) is 3. The first kappa shape index (κ1) is 18.8. The standard InChI is InChI=1S/C18H17F2N5OS/c1-11(17(26)22-10-12-6-8-13(19)9-7-12)27-18-24-23-16(25(18)21)14-4-2-3-5-15(14)20/h2-9,11H,10,21H2,1H3,(H,22,26). The van der Waals surface area contributed by atoms with E-state index < -0.39 is 11.1 Å². The molecule has 1 atom stereocenters. The molecule has 0 aliphatic heterocycles. The van der Waals surface area contributed by atoms with Crippen molar-refractivity contribution in [2.75, 3.05) is 5.84 Å². The zero-order valence-electron chi connectivity index (χ0n) is 14.4. The number of nitrogens with two attached hydrogens (primary N) is 1. The molecule has 9 heteroatoms. The Balaban J connectivity index is 1.64. The second-order valence-electron chi connectivity index (χ2n) is 5.76.